The van der Waals surface area contributed by atoms with Crippen LogP contribution in [0.5, 0.6) is 5.75 Å². The SMILES string of the molecule is Cc1c(-c2cc(N3C(=O)[C@@H]4C[C@@H]5C(=CC[C@@H]6C(=O)N(c7ccc(I)cc7)C(=O)[C@@H]65)[C@H](c5ccc(O)c6ccccc56)[C@]4(C)C3=O)n(C)n2)sc2ccc(Cl)cc12. The third-order valence-corrected chi connectivity index (χ3v) is 15.1. The number of nitrogens with zero attached hydrogens (tertiary/aromatic N) is 4. The molecule has 56 heavy (non-hydrogen) atoms. The highest BCUT2D eigenvalue weighted by Crippen LogP contribution is 2.64. The zero-order valence-corrected chi connectivity index (χ0v) is 34.2. The van der Waals surface area contributed by atoms with Crippen LogP contribution < -0.4 is 9.80 Å². The highest BCUT2D eigenvalue weighted by Gasteiger charge is 2.68. The summed E-state index contributed by atoms with van der Waals surface area (Å²) in [5, 5.41) is 18.9. The average molecular weight is 893 g/mol. The number of phenols is 1. The molecule has 6 aromatic rings. The maximum atomic E-state index is 15.3. The number of anilines is 2. The van der Waals surface area contributed by atoms with E-state index < -0.39 is 35.0 Å². The molecule has 0 radical (unpaired) electrons. The lowest BCUT2D eigenvalue weighted by Gasteiger charge is -2.49. The number of carbonyl (C=O) groups is 4. The van der Waals surface area contributed by atoms with Gasteiger partial charge in [-0.15, -0.1) is 11.3 Å². The van der Waals surface area contributed by atoms with Crippen molar-refractivity contribution in [2.75, 3.05) is 9.80 Å². The average Bonchev–Trinajstić information content (AvgIpc) is 3.86. The van der Waals surface area contributed by atoms with Crippen molar-refractivity contribution in [2.45, 2.75) is 32.6 Å². The molecule has 0 bridgehead atoms. The fraction of sp³-hybridized carbons (Fsp3) is 0.250. The Morgan fingerprint density at radius 1 is 0.875 bits per heavy atom. The second-order valence-corrected chi connectivity index (χ2v) is 18.3. The molecule has 4 aliphatic rings. The lowest BCUT2D eigenvalue weighted by Crippen LogP contribution is -2.49. The van der Waals surface area contributed by atoms with Crippen LogP contribution in [0.15, 0.2) is 96.6 Å². The largest absolute Gasteiger partial charge is 0.507 e. The number of hydrogen-bond acceptors (Lipinski definition) is 7. The predicted octanol–water partition coefficient (Wildman–Crippen LogP) is 9.16. The van der Waals surface area contributed by atoms with Gasteiger partial charge < -0.3 is 5.11 Å². The number of aromatic hydroxyl groups is 1. The van der Waals surface area contributed by atoms with Crippen molar-refractivity contribution >= 4 is 102 Å². The number of fused-ring (bicyclic) bond motifs is 6. The lowest BCUT2D eigenvalue weighted by atomic mass is 9.51. The monoisotopic (exact) mass is 892 g/mol. The van der Waals surface area contributed by atoms with Gasteiger partial charge in [0, 0.05) is 37.7 Å². The second-order valence-electron chi connectivity index (χ2n) is 15.6. The summed E-state index contributed by atoms with van der Waals surface area (Å²) >= 11 is 10.1. The zero-order chi connectivity index (χ0) is 38.9. The van der Waals surface area contributed by atoms with Crippen LogP contribution in [0.2, 0.25) is 5.02 Å². The van der Waals surface area contributed by atoms with Crippen molar-refractivity contribution in [2.24, 2.45) is 36.1 Å². The van der Waals surface area contributed by atoms with Crippen LogP contribution in [0.1, 0.15) is 36.8 Å². The first-order valence-corrected chi connectivity index (χ1v) is 20.8. The fourth-order valence-electron chi connectivity index (χ4n) is 10.2. The number of hydrogen-bond donors (Lipinski definition) is 1. The van der Waals surface area contributed by atoms with Crippen molar-refractivity contribution in [1.29, 1.82) is 0 Å². The van der Waals surface area contributed by atoms with Crippen LogP contribution in [-0.4, -0.2) is 38.5 Å². The van der Waals surface area contributed by atoms with Gasteiger partial charge in [0.05, 0.1) is 33.7 Å². The van der Waals surface area contributed by atoms with Crippen LogP contribution in [0.4, 0.5) is 11.5 Å². The molecule has 4 amide bonds. The van der Waals surface area contributed by atoms with Crippen LogP contribution in [0.25, 0.3) is 31.4 Å². The van der Waals surface area contributed by atoms with Gasteiger partial charge in [-0.25, -0.2) is 4.90 Å². The van der Waals surface area contributed by atoms with Gasteiger partial charge in [0.15, 0.2) is 0 Å². The Kier molecular flexibility index (Phi) is 7.98. The summed E-state index contributed by atoms with van der Waals surface area (Å²) in [7, 11) is 1.74. The van der Waals surface area contributed by atoms with E-state index in [1.54, 1.807) is 47.3 Å². The lowest BCUT2D eigenvalue weighted by molar-refractivity contribution is -0.131. The molecule has 2 aliphatic carbocycles. The summed E-state index contributed by atoms with van der Waals surface area (Å²) in [4.78, 5) is 62.5. The molecule has 0 unspecified atom stereocenters. The first kappa shape index (κ1) is 35.6. The Labute approximate surface area is 344 Å². The van der Waals surface area contributed by atoms with E-state index in [-0.39, 0.29) is 35.8 Å². The molecule has 2 aliphatic heterocycles. The van der Waals surface area contributed by atoms with Crippen molar-refractivity contribution in [3.8, 4) is 16.3 Å². The molecule has 3 fully saturated rings. The first-order chi connectivity index (χ1) is 26.9. The number of imide groups is 2. The van der Waals surface area contributed by atoms with Gasteiger partial charge in [0.25, 0.3) is 0 Å². The first-order valence-electron chi connectivity index (χ1n) is 18.5. The van der Waals surface area contributed by atoms with Crippen molar-refractivity contribution in [3.05, 3.63) is 116 Å². The van der Waals surface area contributed by atoms with E-state index in [1.807, 2.05) is 74.5 Å². The number of benzene rings is 4. The number of amides is 4. The summed E-state index contributed by atoms with van der Waals surface area (Å²) in [6.45, 7) is 3.90. The molecule has 280 valence electrons. The Bertz CT molecular complexity index is 2780. The van der Waals surface area contributed by atoms with Gasteiger partial charge >= 0.3 is 0 Å². The summed E-state index contributed by atoms with van der Waals surface area (Å²) < 4.78 is 3.63. The molecule has 2 saturated heterocycles. The number of halogens is 2. The van der Waals surface area contributed by atoms with E-state index in [0.717, 1.165) is 40.6 Å². The second kappa shape index (κ2) is 12.6. The minimum Gasteiger partial charge on any atom is -0.507 e. The third-order valence-electron chi connectivity index (χ3n) is 12.8. The van der Waals surface area contributed by atoms with Crippen LogP contribution in [0, 0.1) is 39.6 Å². The van der Waals surface area contributed by atoms with Gasteiger partial charge in [-0.2, -0.15) is 5.10 Å². The molecular formula is C44H34ClIN4O5S. The topological polar surface area (TPSA) is 113 Å². The Morgan fingerprint density at radius 3 is 2.39 bits per heavy atom. The van der Waals surface area contributed by atoms with E-state index in [1.165, 1.54) is 9.80 Å². The number of aryl methyl sites for hydroxylation is 2. The summed E-state index contributed by atoms with van der Waals surface area (Å²) in [6.07, 6.45) is 2.63. The van der Waals surface area contributed by atoms with Crippen molar-refractivity contribution < 1.29 is 24.3 Å². The van der Waals surface area contributed by atoms with E-state index >= 15 is 9.59 Å². The van der Waals surface area contributed by atoms with E-state index in [4.69, 9.17) is 16.7 Å². The Balaban J connectivity index is 1.12. The minimum absolute atomic E-state index is 0.109. The number of aromatic nitrogens is 2. The highest BCUT2D eigenvalue weighted by molar-refractivity contribution is 14.1. The van der Waals surface area contributed by atoms with Crippen LogP contribution in [-0.2, 0) is 26.2 Å². The maximum absolute atomic E-state index is 15.3. The Hall–Kier alpha value is -4.85. The smallest absolute Gasteiger partial charge is 0.242 e. The molecule has 4 aromatic carbocycles. The van der Waals surface area contributed by atoms with Gasteiger partial charge in [-0.1, -0.05) is 53.6 Å². The van der Waals surface area contributed by atoms with Gasteiger partial charge in [0.1, 0.15) is 17.3 Å². The highest BCUT2D eigenvalue weighted by atomic mass is 127. The van der Waals surface area contributed by atoms with Crippen LogP contribution >= 0.6 is 45.5 Å². The van der Waals surface area contributed by atoms with E-state index in [9.17, 15) is 14.7 Å². The van der Waals surface area contributed by atoms with Crippen molar-refractivity contribution in [1.82, 2.24) is 9.78 Å². The molecule has 1 N–H and O–H groups in total. The number of carbonyl (C=O) groups excluding carboxylic acids is 4. The normalized spacial score (nSPS) is 25.9. The van der Waals surface area contributed by atoms with E-state index in [0.29, 0.717) is 34.0 Å². The molecule has 1 saturated carbocycles. The van der Waals surface area contributed by atoms with E-state index in [2.05, 4.69) is 28.7 Å². The van der Waals surface area contributed by atoms with Crippen molar-refractivity contribution in [3.63, 3.8) is 0 Å². The fourth-order valence-corrected chi connectivity index (χ4v) is 11.9. The molecular weight excluding hydrogens is 859 g/mol. The Morgan fingerprint density at radius 2 is 1.62 bits per heavy atom. The minimum atomic E-state index is -1.26. The maximum Gasteiger partial charge on any atom is 0.242 e. The molecule has 10 rings (SSSR count). The summed E-state index contributed by atoms with van der Waals surface area (Å²) in [6, 6.07) is 25.9. The quantitative estimate of drug-likeness (QED) is 0.107. The van der Waals surface area contributed by atoms with Gasteiger partial charge in [-0.3, -0.25) is 28.8 Å². The molecule has 6 atom stereocenters. The number of allylic oxidation sites excluding steroid dienone is 2. The van der Waals surface area contributed by atoms with Crippen LogP contribution in [0.3, 0.4) is 0 Å². The number of rotatable bonds is 4. The molecule has 4 heterocycles. The summed E-state index contributed by atoms with van der Waals surface area (Å²) in [5.41, 5.74) is 2.60. The zero-order valence-electron chi connectivity index (χ0n) is 30.5. The molecule has 0 spiro atoms. The summed E-state index contributed by atoms with van der Waals surface area (Å²) in [5.74, 6) is -3.94. The standard InChI is InChI=1S/C44H34ClIN4O5S/c1-21-30-18-22(45)8-17-35(30)56-39(21)33-20-36(48(3)47-33)50-41(53)32-19-31-28(13-14-29-37(31)42(54)49(40(29)52)24-11-9-23(46)10-12-24)38(44(32,2)43(50)55)27-15-16-34(51)26-7-5-4-6-25(26)27/h4-13,15-18,20,29,31-32,37-38,51H,14,19H2,1-3H3/t29-,31+,32-,37-,38-,44+/m0/s1. The molecule has 9 nitrogen and oxygen atoms in total. The van der Waals surface area contributed by atoms with Gasteiger partial charge in [0.2, 0.25) is 23.6 Å². The number of thiophene rings is 1. The van der Waals surface area contributed by atoms with Gasteiger partial charge in [-0.05, 0) is 126 Å². The third kappa shape index (κ3) is 4.86. The molecule has 12 heteroatoms. The molecule has 2 aromatic heterocycles. The number of phenolic OH excluding ortho intramolecular Hbond substituents is 1. The predicted molar refractivity (Wildman–Crippen MR) is 226 cm³/mol.